The molecule has 0 aliphatic rings. The van der Waals surface area contributed by atoms with E-state index in [0.717, 1.165) is 15.9 Å². The van der Waals surface area contributed by atoms with Crippen molar-refractivity contribution in [2.75, 3.05) is 19.5 Å². The Hall–Kier alpha value is -2.05. The summed E-state index contributed by atoms with van der Waals surface area (Å²) in [5, 5.41) is 4.73. The molecule has 0 amide bonds. The lowest BCUT2D eigenvalue weighted by Gasteiger charge is -2.13. The zero-order chi connectivity index (χ0) is 15.7. The Balaban J connectivity index is 2.06. The van der Waals surface area contributed by atoms with Gasteiger partial charge in [-0.25, -0.2) is 9.97 Å². The van der Waals surface area contributed by atoms with Crippen molar-refractivity contribution in [2.24, 2.45) is 0 Å². The lowest BCUT2D eigenvalue weighted by molar-refractivity contribution is 0.396. The second-order valence-electron chi connectivity index (χ2n) is 4.61. The molecule has 0 saturated carbocycles. The first-order valence-electron chi connectivity index (χ1n) is 6.52. The first kappa shape index (κ1) is 14.9. The smallest absolute Gasteiger partial charge is 0.146 e. The van der Waals surface area contributed by atoms with Gasteiger partial charge in [0.15, 0.2) is 0 Å². The maximum Gasteiger partial charge on any atom is 0.146 e. The molecule has 0 aliphatic heterocycles. The first-order valence-corrected chi connectivity index (χ1v) is 7.71. The van der Waals surface area contributed by atoms with Crippen LogP contribution in [0.3, 0.4) is 0 Å². The molecule has 114 valence electrons. The first-order chi connectivity index (χ1) is 10.6. The predicted octanol–water partition coefficient (Wildman–Crippen LogP) is 4.41. The average Bonchev–Trinajstić information content (AvgIpc) is 2.89. The Labute approximate surface area is 136 Å². The lowest BCUT2D eigenvalue weighted by atomic mass is 10.2. The summed E-state index contributed by atoms with van der Waals surface area (Å²) < 4.78 is 10.6. The van der Waals surface area contributed by atoms with E-state index < -0.39 is 0 Å². The van der Waals surface area contributed by atoms with E-state index in [9.17, 15) is 0 Å². The predicted molar refractivity (Wildman–Crippen MR) is 90.0 cm³/mol. The number of aromatic nitrogens is 2. The second kappa shape index (κ2) is 5.98. The van der Waals surface area contributed by atoms with E-state index in [2.05, 4.69) is 21.4 Å². The normalized spacial score (nSPS) is 10.7. The van der Waals surface area contributed by atoms with Gasteiger partial charge in [0, 0.05) is 10.9 Å². The number of nitrogens with one attached hydrogen (secondary N) is 1. The van der Waals surface area contributed by atoms with Crippen LogP contribution in [-0.2, 0) is 0 Å². The fraction of sp³-hybridized carbons (Fsp3) is 0.200. The van der Waals surface area contributed by atoms with Crippen LogP contribution in [0.1, 0.15) is 4.88 Å². The molecule has 3 aromatic rings. The van der Waals surface area contributed by atoms with Crippen LogP contribution in [0, 0.1) is 6.92 Å². The van der Waals surface area contributed by atoms with Gasteiger partial charge in [0.25, 0.3) is 0 Å². The minimum atomic E-state index is 0.498. The largest absolute Gasteiger partial charge is 0.495 e. The zero-order valence-corrected chi connectivity index (χ0v) is 13.9. The van der Waals surface area contributed by atoms with Crippen molar-refractivity contribution in [3.8, 4) is 11.5 Å². The van der Waals surface area contributed by atoms with E-state index in [1.165, 1.54) is 11.2 Å². The van der Waals surface area contributed by atoms with E-state index >= 15 is 0 Å². The molecule has 7 heteroatoms. The van der Waals surface area contributed by atoms with Crippen LogP contribution < -0.4 is 14.8 Å². The molecule has 2 heterocycles. The molecule has 0 atom stereocenters. The molecule has 0 spiro atoms. The SMILES string of the molecule is COc1cc(OC)c(Nc2ncnc3sc(C)cc23)cc1Cl. The molecule has 0 saturated heterocycles. The molecule has 0 bridgehead atoms. The molecular formula is C15H14ClN3O2S. The number of methoxy groups -OCH3 is 2. The monoisotopic (exact) mass is 335 g/mol. The molecule has 3 rings (SSSR count). The summed E-state index contributed by atoms with van der Waals surface area (Å²) in [7, 11) is 3.16. The number of halogens is 1. The van der Waals surface area contributed by atoms with Gasteiger partial charge in [-0.15, -0.1) is 11.3 Å². The summed E-state index contributed by atoms with van der Waals surface area (Å²) in [6.07, 6.45) is 1.54. The number of benzene rings is 1. The van der Waals surface area contributed by atoms with E-state index in [4.69, 9.17) is 21.1 Å². The Morgan fingerprint density at radius 3 is 2.59 bits per heavy atom. The van der Waals surface area contributed by atoms with Crippen LogP contribution >= 0.6 is 22.9 Å². The van der Waals surface area contributed by atoms with Crippen molar-refractivity contribution >= 4 is 44.7 Å². The molecule has 22 heavy (non-hydrogen) atoms. The van der Waals surface area contributed by atoms with Gasteiger partial charge in [-0.1, -0.05) is 11.6 Å². The number of hydrogen-bond acceptors (Lipinski definition) is 6. The number of thiophene rings is 1. The fourth-order valence-electron chi connectivity index (χ4n) is 2.16. The quantitative estimate of drug-likeness (QED) is 0.765. The van der Waals surface area contributed by atoms with Gasteiger partial charge in [-0.3, -0.25) is 0 Å². The standard InChI is InChI=1S/C15H14ClN3O2S/c1-8-4-9-14(17-7-18-15(9)22-8)19-11-5-10(16)12(20-2)6-13(11)21-3/h4-7H,1-3H3,(H,17,18,19). The van der Waals surface area contributed by atoms with Crippen LogP contribution in [-0.4, -0.2) is 24.2 Å². The molecule has 0 aliphatic carbocycles. The summed E-state index contributed by atoms with van der Waals surface area (Å²) in [5.74, 6) is 1.90. The second-order valence-corrected chi connectivity index (χ2v) is 6.25. The van der Waals surface area contributed by atoms with E-state index in [0.29, 0.717) is 22.3 Å². The Morgan fingerprint density at radius 1 is 1.09 bits per heavy atom. The summed E-state index contributed by atoms with van der Waals surface area (Å²) in [6.45, 7) is 2.04. The third-order valence-corrected chi connectivity index (χ3v) is 4.43. The summed E-state index contributed by atoms with van der Waals surface area (Å²) in [5.41, 5.74) is 0.720. The van der Waals surface area contributed by atoms with Gasteiger partial charge in [-0.05, 0) is 19.1 Å². The Morgan fingerprint density at radius 2 is 1.86 bits per heavy atom. The maximum absolute atomic E-state index is 6.20. The van der Waals surface area contributed by atoms with Crippen molar-refractivity contribution in [2.45, 2.75) is 6.92 Å². The summed E-state index contributed by atoms with van der Waals surface area (Å²) >= 11 is 7.82. The van der Waals surface area contributed by atoms with Crippen LogP contribution in [0.15, 0.2) is 24.5 Å². The van der Waals surface area contributed by atoms with Gasteiger partial charge < -0.3 is 14.8 Å². The Bertz CT molecular complexity index is 835. The number of aryl methyl sites for hydroxylation is 1. The number of fused-ring (bicyclic) bond motifs is 1. The van der Waals surface area contributed by atoms with E-state index in [1.807, 2.05) is 6.92 Å². The maximum atomic E-state index is 6.20. The average molecular weight is 336 g/mol. The lowest BCUT2D eigenvalue weighted by Crippen LogP contribution is -1.98. The third-order valence-electron chi connectivity index (χ3n) is 3.18. The van der Waals surface area contributed by atoms with Crippen LogP contribution in [0.2, 0.25) is 5.02 Å². The highest BCUT2D eigenvalue weighted by Crippen LogP contribution is 2.38. The highest BCUT2D eigenvalue weighted by atomic mass is 35.5. The van der Waals surface area contributed by atoms with Crippen molar-refractivity contribution < 1.29 is 9.47 Å². The van der Waals surface area contributed by atoms with Crippen molar-refractivity contribution in [3.05, 3.63) is 34.4 Å². The van der Waals surface area contributed by atoms with Gasteiger partial charge in [0.2, 0.25) is 0 Å². The number of ether oxygens (including phenoxy) is 2. The summed E-state index contributed by atoms with van der Waals surface area (Å²) in [6, 6.07) is 5.55. The van der Waals surface area contributed by atoms with Crippen LogP contribution in [0.25, 0.3) is 10.2 Å². The van der Waals surface area contributed by atoms with Crippen LogP contribution in [0.5, 0.6) is 11.5 Å². The number of hydrogen-bond donors (Lipinski definition) is 1. The zero-order valence-electron chi connectivity index (χ0n) is 12.3. The Kier molecular flexibility index (Phi) is 4.04. The molecule has 0 fully saturated rings. The van der Waals surface area contributed by atoms with Gasteiger partial charge in [-0.2, -0.15) is 0 Å². The van der Waals surface area contributed by atoms with Crippen molar-refractivity contribution in [3.63, 3.8) is 0 Å². The molecule has 1 aromatic carbocycles. The minimum Gasteiger partial charge on any atom is -0.495 e. The number of rotatable bonds is 4. The highest BCUT2D eigenvalue weighted by molar-refractivity contribution is 7.18. The minimum absolute atomic E-state index is 0.498. The molecular weight excluding hydrogens is 322 g/mol. The van der Waals surface area contributed by atoms with Crippen LogP contribution in [0.4, 0.5) is 11.5 Å². The van der Waals surface area contributed by atoms with Crippen molar-refractivity contribution in [1.29, 1.82) is 0 Å². The summed E-state index contributed by atoms with van der Waals surface area (Å²) in [4.78, 5) is 10.7. The molecule has 0 unspecified atom stereocenters. The van der Waals surface area contributed by atoms with E-state index in [-0.39, 0.29) is 0 Å². The molecule has 0 radical (unpaired) electrons. The van der Waals surface area contributed by atoms with Crippen molar-refractivity contribution in [1.82, 2.24) is 9.97 Å². The molecule has 5 nitrogen and oxygen atoms in total. The number of nitrogens with zero attached hydrogens (tertiary/aromatic N) is 2. The molecule has 1 N–H and O–H groups in total. The van der Waals surface area contributed by atoms with Gasteiger partial charge in [0.1, 0.15) is 28.5 Å². The fourth-order valence-corrected chi connectivity index (χ4v) is 3.25. The van der Waals surface area contributed by atoms with Gasteiger partial charge >= 0.3 is 0 Å². The van der Waals surface area contributed by atoms with Gasteiger partial charge in [0.05, 0.1) is 30.3 Å². The topological polar surface area (TPSA) is 56.3 Å². The highest BCUT2D eigenvalue weighted by Gasteiger charge is 2.13. The van der Waals surface area contributed by atoms with E-state index in [1.54, 1.807) is 37.7 Å². The number of anilines is 2. The molecule has 2 aromatic heterocycles. The third kappa shape index (κ3) is 2.67.